The fourth-order valence-electron chi connectivity index (χ4n) is 10.3. The average molecular weight is 1280 g/mol. The predicted octanol–water partition coefficient (Wildman–Crippen LogP) is 19.4. The van der Waals surface area contributed by atoms with Gasteiger partial charge < -0.3 is 33.8 Å². The molecule has 0 aliphatic rings. The summed E-state index contributed by atoms with van der Waals surface area (Å²) in [6, 6.07) is 0. The first-order chi connectivity index (χ1) is 42.1. The van der Waals surface area contributed by atoms with E-state index in [0.29, 0.717) is 25.7 Å². The van der Waals surface area contributed by atoms with Crippen LogP contribution in [0.15, 0.2) is 0 Å². The van der Waals surface area contributed by atoms with E-state index in [-0.39, 0.29) is 25.7 Å². The number of aliphatic hydroxyl groups excluding tert-OH is 1. The number of esters is 4. The summed E-state index contributed by atoms with van der Waals surface area (Å²) in [5.74, 6) is -1.32. The zero-order chi connectivity index (χ0) is 64.2. The van der Waals surface area contributed by atoms with Gasteiger partial charge in [-0.15, -0.1) is 0 Å². The van der Waals surface area contributed by atoms with Crippen LogP contribution in [0.4, 0.5) is 0 Å². The van der Waals surface area contributed by atoms with E-state index in [1.54, 1.807) is 0 Å². The molecule has 0 saturated carbocycles. The molecule has 0 amide bonds. The number of hydrogen-bond donors (Lipinski definition) is 3. The molecule has 19 heteroatoms. The van der Waals surface area contributed by atoms with Gasteiger partial charge in [0.25, 0.3) is 0 Å². The fraction of sp³-hybridized carbons (Fsp3) is 0.941. The topological polar surface area (TPSA) is 237 Å². The number of rotatable bonds is 68. The van der Waals surface area contributed by atoms with Crippen LogP contribution in [-0.2, 0) is 65.4 Å². The molecule has 0 aromatic heterocycles. The molecule has 0 aliphatic carbocycles. The smallest absolute Gasteiger partial charge is 0.462 e. The molecule has 0 radical (unpaired) electrons. The summed E-state index contributed by atoms with van der Waals surface area (Å²) in [5, 5.41) is 10.6. The fourth-order valence-corrected chi connectivity index (χ4v) is 11.8. The standard InChI is InChI=1S/C68H132O17P2/c1-6-10-13-16-19-22-24-26-32-37-42-47-52-66(71)79-58-64(85-68(73)54-49-44-39-34-29-28-31-35-40-45-50-61(5)9-4)60-83-87(76,77)81-56-62(69)55-80-86(74,75)82-59-63(57-78-65(70)51-46-41-36-30-21-18-15-12-8-3)84-67(72)53-48-43-38-33-27-25-23-20-17-14-11-7-2/h61-64,69H,6-60H2,1-5H3,(H,74,75)(H,76,77)/t61?,62-,63+,64+/m0/s1. The lowest BCUT2D eigenvalue weighted by atomic mass is 9.99. The third-order valence-corrected chi connectivity index (χ3v) is 18.0. The molecule has 0 saturated heterocycles. The van der Waals surface area contributed by atoms with E-state index in [2.05, 4.69) is 34.6 Å². The molecule has 0 aliphatic heterocycles. The Balaban J connectivity index is 5.24. The molecule has 87 heavy (non-hydrogen) atoms. The van der Waals surface area contributed by atoms with Crippen molar-refractivity contribution in [3.63, 3.8) is 0 Å². The third kappa shape index (κ3) is 61.3. The summed E-state index contributed by atoms with van der Waals surface area (Å²) < 4.78 is 68.2. The van der Waals surface area contributed by atoms with Crippen molar-refractivity contribution in [2.24, 2.45) is 5.92 Å². The van der Waals surface area contributed by atoms with Gasteiger partial charge in [0.05, 0.1) is 26.4 Å². The van der Waals surface area contributed by atoms with Gasteiger partial charge in [-0.1, -0.05) is 298 Å². The summed E-state index contributed by atoms with van der Waals surface area (Å²) in [7, 11) is -9.89. The highest BCUT2D eigenvalue weighted by molar-refractivity contribution is 7.47. The molecule has 0 heterocycles. The molecule has 516 valence electrons. The monoisotopic (exact) mass is 1280 g/mol. The second kappa shape index (κ2) is 61.6. The largest absolute Gasteiger partial charge is 0.472 e. The number of ether oxygens (including phenoxy) is 4. The number of phosphoric acid groups is 2. The van der Waals surface area contributed by atoms with E-state index in [1.165, 1.54) is 173 Å². The molecule has 17 nitrogen and oxygen atoms in total. The van der Waals surface area contributed by atoms with Crippen LogP contribution in [0, 0.1) is 5.92 Å². The lowest BCUT2D eigenvalue weighted by molar-refractivity contribution is -0.161. The van der Waals surface area contributed by atoms with Gasteiger partial charge in [-0.2, -0.15) is 0 Å². The first kappa shape index (κ1) is 85.1. The molecule has 0 rings (SSSR count). The summed E-state index contributed by atoms with van der Waals surface area (Å²) in [6.45, 7) is 7.24. The van der Waals surface area contributed by atoms with Gasteiger partial charge in [-0.25, -0.2) is 9.13 Å². The van der Waals surface area contributed by atoms with Crippen molar-refractivity contribution < 1.29 is 80.2 Å². The summed E-state index contributed by atoms with van der Waals surface area (Å²) in [6.07, 6.45) is 46.9. The minimum absolute atomic E-state index is 0.107. The maximum absolute atomic E-state index is 13.0. The number of unbranched alkanes of at least 4 members (excludes halogenated alkanes) is 39. The van der Waals surface area contributed by atoms with Crippen LogP contribution in [-0.4, -0.2) is 96.7 Å². The molecule has 3 N–H and O–H groups in total. The highest BCUT2D eigenvalue weighted by Crippen LogP contribution is 2.45. The zero-order valence-corrected chi connectivity index (χ0v) is 57.9. The van der Waals surface area contributed by atoms with Crippen molar-refractivity contribution in [3.05, 3.63) is 0 Å². The molecule has 0 spiro atoms. The van der Waals surface area contributed by atoms with Crippen LogP contribution in [0.25, 0.3) is 0 Å². The molecular formula is C68H132O17P2. The van der Waals surface area contributed by atoms with Crippen LogP contribution in [0.2, 0.25) is 0 Å². The van der Waals surface area contributed by atoms with E-state index in [1.807, 2.05) is 0 Å². The Hall–Kier alpha value is -1.94. The van der Waals surface area contributed by atoms with E-state index >= 15 is 0 Å². The Labute approximate surface area is 530 Å². The summed E-state index contributed by atoms with van der Waals surface area (Å²) >= 11 is 0. The third-order valence-electron chi connectivity index (χ3n) is 16.1. The van der Waals surface area contributed by atoms with E-state index in [9.17, 15) is 43.2 Å². The van der Waals surface area contributed by atoms with Crippen molar-refractivity contribution >= 4 is 39.5 Å². The number of phosphoric ester groups is 2. The Kier molecular flexibility index (Phi) is 60.2. The lowest BCUT2D eigenvalue weighted by Gasteiger charge is -2.21. The second-order valence-corrected chi connectivity index (χ2v) is 27.7. The maximum Gasteiger partial charge on any atom is 0.472 e. The quantitative estimate of drug-likeness (QED) is 0.0222. The molecule has 0 aromatic carbocycles. The lowest BCUT2D eigenvalue weighted by Crippen LogP contribution is -2.30. The summed E-state index contributed by atoms with van der Waals surface area (Å²) in [5.41, 5.74) is 0. The molecular weight excluding hydrogens is 1150 g/mol. The van der Waals surface area contributed by atoms with Gasteiger partial charge in [0.2, 0.25) is 0 Å². The second-order valence-electron chi connectivity index (χ2n) is 24.8. The highest BCUT2D eigenvalue weighted by Gasteiger charge is 2.30. The van der Waals surface area contributed by atoms with Gasteiger partial charge >= 0.3 is 39.5 Å². The van der Waals surface area contributed by atoms with Crippen molar-refractivity contribution in [2.75, 3.05) is 39.6 Å². The molecule has 0 fully saturated rings. The van der Waals surface area contributed by atoms with Crippen LogP contribution >= 0.6 is 15.6 Å². The van der Waals surface area contributed by atoms with Crippen molar-refractivity contribution in [1.82, 2.24) is 0 Å². The number of carbonyl (C=O) groups is 4. The van der Waals surface area contributed by atoms with Gasteiger partial charge in [-0.05, 0) is 31.6 Å². The minimum Gasteiger partial charge on any atom is -0.462 e. The molecule has 0 bridgehead atoms. The van der Waals surface area contributed by atoms with Gasteiger partial charge in [0.15, 0.2) is 12.2 Å². The molecule has 6 atom stereocenters. The average Bonchev–Trinajstić information content (AvgIpc) is 3.63. The van der Waals surface area contributed by atoms with E-state index in [4.69, 9.17) is 37.0 Å². The number of hydrogen-bond acceptors (Lipinski definition) is 15. The Bertz CT molecular complexity index is 1690. The molecule has 0 aromatic rings. The minimum atomic E-state index is -4.95. The van der Waals surface area contributed by atoms with Crippen molar-refractivity contribution in [2.45, 2.75) is 368 Å². The first-order valence-electron chi connectivity index (χ1n) is 35.7. The van der Waals surface area contributed by atoms with Gasteiger partial charge in [0.1, 0.15) is 19.3 Å². The zero-order valence-electron chi connectivity index (χ0n) is 56.2. The van der Waals surface area contributed by atoms with Crippen molar-refractivity contribution in [1.29, 1.82) is 0 Å². The maximum atomic E-state index is 13.0. The predicted molar refractivity (Wildman–Crippen MR) is 349 cm³/mol. The van der Waals surface area contributed by atoms with Crippen LogP contribution < -0.4 is 0 Å². The Morgan fingerprint density at radius 3 is 0.816 bits per heavy atom. The van der Waals surface area contributed by atoms with Crippen LogP contribution in [0.3, 0.4) is 0 Å². The molecule has 3 unspecified atom stereocenters. The van der Waals surface area contributed by atoms with Crippen LogP contribution in [0.1, 0.15) is 349 Å². The Morgan fingerprint density at radius 2 is 0.552 bits per heavy atom. The van der Waals surface area contributed by atoms with E-state index in [0.717, 1.165) is 95.8 Å². The first-order valence-corrected chi connectivity index (χ1v) is 38.7. The Morgan fingerprint density at radius 1 is 0.322 bits per heavy atom. The highest BCUT2D eigenvalue weighted by atomic mass is 31.2. The normalized spacial score (nSPS) is 14.4. The van der Waals surface area contributed by atoms with Crippen LogP contribution in [0.5, 0.6) is 0 Å². The van der Waals surface area contributed by atoms with E-state index < -0.39 is 97.5 Å². The number of carbonyl (C=O) groups excluding carboxylic acids is 4. The van der Waals surface area contributed by atoms with Gasteiger partial charge in [0, 0.05) is 25.7 Å². The van der Waals surface area contributed by atoms with Gasteiger partial charge in [-0.3, -0.25) is 37.3 Å². The summed E-state index contributed by atoms with van der Waals surface area (Å²) in [4.78, 5) is 72.4. The SMILES string of the molecule is CCCCCCCCCCCCCCC(=O)OC[C@H](COP(=O)(O)OC[C@@H](O)COP(=O)(O)OC[C@@H](COC(=O)CCCCCCCCCCC)OC(=O)CCCCCCCCCCCCCC)OC(=O)CCCCCCCCCCCCC(C)CC. The number of aliphatic hydroxyl groups is 1. The van der Waals surface area contributed by atoms with Crippen molar-refractivity contribution in [3.8, 4) is 0 Å².